The summed E-state index contributed by atoms with van der Waals surface area (Å²) in [5, 5.41) is 11.8. The number of amides is 1. The van der Waals surface area contributed by atoms with E-state index in [1.54, 1.807) is 6.92 Å². The number of carboxylic acid groups (broad SMARTS) is 1. The van der Waals surface area contributed by atoms with Gasteiger partial charge >= 0.3 is 12.1 Å². The smallest absolute Gasteiger partial charge is 0.451 e. The number of hydrogen-bond donors (Lipinski definition) is 2. The highest BCUT2D eigenvalue weighted by atomic mass is 32.1. The van der Waals surface area contributed by atoms with E-state index >= 15 is 0 Å². The third kappa shape index (κ3) is 4.29. The summed E-state index contributed by atoms with van der Waals surface area (Å²) in [6.45, 7) is 4.38. The molecule has 0 bridgehead atoms. The highest BCUT2D eigenvalue weighted by Crippen LogP contribution is 2.27. The van der Waals surface area contributed by atoms with Crippen molar-refractivity contribution in [3.05, 3.63) is 38.9 Å². The molecule has 2 N–H and O–H groups in total. The molecule has 1 amide bonds. The average Bonchev–Trinajstić information content (AvgIpc) is 2.88. The number of carboxylic acids is 1. The Balaban J connectivity index is 2.23. The first-order valence-electron chi connectivity index (χ1n) is 6.93. The molecular formula is C14H13F3N4O3S. The fraction of sp³-hybridized carbons (Fsp3) is 0.357. The summed E-state index contributed by atoms with van der Waals surface area (Å²) in [6, 6.07) is 0.432. The molecule has 0 aliphatic rings. The van der Waals surface area contributed by atoms with Crippen molar-refractivity contribution in [2.75, 3.05) is 0 Å². The number of halogens is 3. The van der Waals surface area contributed by atoms with Crippen molar-refractivity contribution >= 4 is 23.2 Å². The van der Waals surface area contributed by atoms with E-state index in [0.717, 1.165) is 17.4 Å². The monoisotopic (exact) mass is 374 g/mol. The van der Waals surface area contributed by atoms with E-state index in [-0.39, 0.29) is 10.6 Å². The minimum Gasteiger partial charge on any atom is -0.477 e. The molecule has 2 aromatic rings. The lowest BCUT2D eigenvalue weighted by atomic mass is 10.2. The molecule has 0 aromatic carbocycles. The zero-order valence-corrected chi connectivity index (χ0v) is 14.1. The topological polar surface area (TPSA) is 105 Å². The van der Waals surface area contributed by atoms with Gasteiger partial charge in [-0.1, -0.05) is 0 Å². The van der Waals surface area contributed by atoms with Gasteiger partial charge in [0.15, 0.2) is 0 Å². The molecule has 2 rings (SSSR count). The second kappa shape index (κ2) is 6.75. The molecule has 0 radical (unpaired) electrons. The molecule has 0 fully saturated rings. The fourth-order valence-electron chi connectivity index (χ4n) is 1.94. The first-order valence-corrected chi connectivity index (χ1v) is 7.75. The zero-order valence-electron chi connectivity index (χ0n) is 13.3. The van der Waals surface area contributed by atoms with Crippen molar-refractivity contribution in [2.24, 2.45) is 0 Å². The molecule has 0 aliphatic heterocycles. The first-order chi connectivity index (χ1) is 11.5. The molecule has 7 nitrogen and oxygen atoms in total. The number of thiazole rings is 1. The summed E-state index contributed by atoms with van der Waals surface area (Å²) < 4.78 is 38.2. The van der Waals surface area contributed by atoms with Crippen LogP contribution in [0.4, 0.5) is 13.2 Å². The predicted octanol–water partition coefficient (Wildman–Crippen LogP) is 2.76. The van der Waals surface area contributed by atoms with E-state index < -0.39 is 35.6 Å². The van der Waals surface area contributed by atoms with Crippen molar-refractivity contribution in [1.82, 2.24) is 20.3 Å². The minimum atomic E-state index is -4.77. The number of aryl methyl sites for hydroxylation is 2. The molecule has 11 heteroatoms. The highest BCUT2D eigenvalue weighted by molar-refractivity contribution is 7.13. The Labute approximate surface area is 144 Å². The van der Waals surface area contributed by atoms with Crippen LogP contribution in [0.25, 0.3) is 0 Å². The minimum absolute atomic E-state index is 0.00150. The summed E-state index contributed by atoms with van der Waals surface area (Å²) in [7, 11) is 0. The van der Waals surface area contributed by atoms with Crippen molar-refractivity contribution in [1.29, 1.82) is 0 Å². The Hall–Kier alpha value is -2.56. The van der Waals surface area contributed by atoms with Gasteiger partial charge in [0.05, 0.1) is 11.7 Å². The lowest BCUT2D eigenvalue weighted by Crippen LogP contribution is -2.28. The van der Waals surface area contributed by atoms with Gasteiger partial charge < -0.3 is 10.4 Å². The zero-order chi connectivity index (χ0) is 18.9. The van der Waals surface area contributed by atoms with Gasteiger partial charge in [0.2, 0.25) is 5.82 Å². The predicted molar refractivity (Wildman–Crippen MR) is 81.5 cm³/mol. The Morgan fingerprint density at radius 2 is 1.88 bits per heavy atom. The maximum absolute atomic E-state index is 12.7. The van der Waals surface area contributed by atoms with Crippen LogP contribution >= 0.6 is 11.3 Å². The average molecular weight is 374 g/mol. The van der Waals surface area contributed by atoms with Crippen LogP contribution in [-0.4, -0.2) is 31.9 Å². The molecule has 1 atom stereocenters. The molecule has 0 saturated heterocycles. The van der Waals surface area contributed by atoms with Crippen molar-refractivity contribution in [3.8, 4) is 0 Å². The molecular weight excluding hydrogens is 361 g/mol. The van der Waals surface area contributed by atoms with Gasteiger partial charge in [-0.05, 0) is 26.8 Å². The van der Waals surface area contributed by atoms with E-state index in [1.165, 1.54) is 13.8 Å². The maximum atomic E-state index is 12.7. The van der Waals surface area contributed by atoms with Crippen LogP contribution in [-0.2, 0) is 6.18 Å². The molecule has 0 spiro atoms. The molecule has 0 aliphatic carbocycles. The van der Waals surface area contributed by atoms with Gasteiger partial charge in [0, 0.05) is 5.69 Å². The Kier molecular flexibility index (Phi) is 5.07. The lowest BCUT2D eigenvalue weighted by molar-refractivity contribution is -0.145. The number of alkyl halides is 3. The number of aromatic nitrogens is 3. The van der Waals surface area contributed by atoms with Crippen LogP contribution in [0.3, 0.4) is 0 Å². The van der Waals surface area contributed by atoms with E-state index in [2.05, 4.69) is 20.3 Å². The normalized spacial score (nSPS) is 12.7. The van der Waals surface area contributed by atoms with E-state index in [1.807, 2.05) is 0 Å². The Morgan fingerprint density at radius 1 is 1.24 bits per heavy atom. The highest BCUT2D eigenvalue weighted by Gasteiger charge is 2.35. The number of carbonyl (C=O) groups excluding carboxylic acids is 1. The number of aromatic carboxylic acids is 1. The summed E-state index contributed by atoms with van der Waals surface area (Å²) >= 11 is 0.885. The third-order valence-electron chi connectivity index (χ3n) is 3.07. The Morgan fingerprint density at radius 3 is 2.40 bits per heavy atom. The van der Waals surface area contributed by atoms with Gasteiger partial charge in [0.25, 0.3) is 5.91 Å². The van der Waals surface area contributed by atoms with Crippen molar-refractivity contribution in [3.63, 3.8) is 0 Å². The van der Waals surface area contributed by atoms with Crippen LogP contribution in [0.1, 0.15) is 55.3 Å². The van der Waals surface area contributed by atoms with Crippen molar-refractivity contribution in [2.45, 2.75) is 33.0 Å². The quantitative estimate of drug-likeness (QED) is 0.853. The fourth-order valence-corrected chi connectivity index (χ4v) is 2.85. The molecule has 134 valence electrons. The summed E-state index contributed by atoms with van der Waals surface area (Å²) in [5.41, 5.74) is -0.136. The number of nitrogens with zero attached hydrogens (tertiary/aromatic N) is 3. The van der Waals surface area contributed by atoms with Gasteiger partial charge in [-0.2, -0.15) is 13.2 Å². The largest absolute Gasteiger partial charge is 0.477 e. The third-order valence-corrected chi connectivity index (χ3v) is 4.39. The van der Waals surface area contributed by atoms with Gasteiger partial charge in [-0.25, -0.2) is 19.7 Å². The van der Waals surface area contributed by atoms with Crippen LogP contribution in [0.2, 0.25) is 0 Å². The van der Waals surface area contributed by atoms with Gasteiger partial charge in [-0.15, -0.1) is 11.3 Å². The van der Waals surface area contributed by atoms with Crippen molar-refractivity contribution < 1.29 is 27.9 Å². The molecule has 2 aromatic heterocycles. The van der Waals surface area contributed by atoms with E-state index in [0.29, 0.717) is 10.7 Å². The van der Waals surface area contributed by atoms with Crippen LogP contribution < -0.4 is 5.32 Å². The second-order valence-electron chi connectivity index (χ2n) is 5.18. The molecule has 1 unspecified atom stereocenters. The number of rotatable bonds is 4. The maximum Gasteiger partial charge on any atom is 0.451 e. The lowest BCUT2D eigenvalue weighted by Gasteiger charge is -2.12. The van der Waals surface area contributed by atoms with Crippen LogP contribution in [0, 0.1) is 13.8 Å². The van der Waals surface area contributed by atoms with Gasteiger partial charge in [-0.3, -0.25) is 4.79 Å². The first kappa shape index (κ1) is 18.8. The summed E-state index contributed by atoms with van der Waals surface area (Å²) in [6.07, 6.45) is -4.77. The van der Waals surface area contributed by atoms with Crippen LogP contribution in [0.5, 0.6) is 0 Å². The number of nitrogens with one attached hydrogen (secondary N) is 1. The van der Waals surface area contributed by atoms with Gasteiger partial charge in [0.1, 0.15) is 15.6 Å². The SMILES string of the molecule is Cc1cc(C(=O)NC(C)c2nc(C)c(C(=O)O)s2)nc(C(F)(F)F)n1. The summed E-state index contributed by atoms with van der Waals surface area (Å²) in [4.78, 5) is 33.8. The molecule has 25 heavy (non-hydrogen) atoms. The number of carbonyl (C=O) groups is 2. The second-order valence-corrected chi connectivity index (χ2v) is 6.21. The Bertz CT molecular complexity index is 835. The number of hydrogen-bond acceptors (Lipinski definition) is 6. The molecule has 0 saturated carbocycles. The van der Waals surface area contributed by atoms with Crippen LogP contribution in [0.15, 0.2) is 6.07 Å². The molecule has 2 heterocycles. The van der Waals surface area contributed by atoms with E-state index in [4.69, 9.17) is 5.11 Å². The standard InChI is InChI=1S/C14H13F3N4O3S/c1-5-4-8(21-13(18-5)14(15,16)17)10(22)19-7(3)11-20-6(2)9(25-11)12(23)24/h4,7H,1-3H3,(H,19,22)(H,23,24). The summed E-state index contributed by atoms with van der Waals surface area (Å²) in [5.74, 6) is -3.38. The van der Waals surface area contributed by atoms with E-state index in [9.17, 15) is 22.8 Å².